The average Bonchev–Trinajstić information content (AvgIpc) is 3.18. The second-order valence-corrected chi connectivity index (χ2v) is 5.64. The van der Waals surface area contributed by atoms with Crippen LogP contribution in [0.5, 0.6) is 0 Å². The molecule has 1 aromatic carbocycles. The van der Waals surface area contributed by atoms with Gasteiger partial charge in [-0.15, -0.1) is 0 Å². The molecule has 0 atom stereocenters. The van der Waals surface area contributed by atoms with Crippen LogP contribution in [0.25, 0.3) is 0 Å². The smallest absolute Gasteiger partial charge is 0.261 e. The van der Waals surface area contributed by atoms with E-state index in [0.29, 0.717) is 30.5 Å². The summed E-state index contributed by atoms with van der Waals surface area (Å²) in [5.74, 6) is -0.651. The predicted octanol–water partition coefficient (Wildman–Crippen LogP) is 2.01. The van der Waals surface area contributed by atoms with E-state index in [9.17, 15) is 14.4 Å². The highest BCUT2D eigenvalue weighted by Gasteiger charge is 2.34. The number of benzene rings is 1. The molecule has 0 radical (unpaired) electrons. The van der Waals surface area contributed by atoms with E-state index in [0.717, 1.165) is 5.56 Å². The molecule has 3 rings (SSSR count). The Morgan fingerprint density at radius 2 is 1.79 bits per heavy atom. The first-order valence-electron chi connectivity index (χ1n) is 7.90. The fraction of sp³-hybridized carbons (Fsp3) is 0.278. The molecule has 0 bridgehead atoms. The SMILES string of the molecule is O=C(CCCN1C(=O)c2ccccc2C1=O)NCCc1ccoc1. The van der Waals surface area contributed by atoms with Crippen molar-refractivity contribution in [1.29, 1.82) is 0 Å². The molecular weight excluding hydrogens is 308 g/mol. The third-order valence-corrected chi connectivity index (χ3v) is 3.98. The molecule has 0 aliphatic carbocycles. The molecule has 1 aromatic heterocycles. The maximum Gasteiger partial charge on any atom is 0.261 e. The molecule has 124 valence electrons. The molecule has 1 N–H and O–H groups in total. The zero-order valence-electron chi connectivity index (χ0n) is 13.2. The van der Waals surface area contributed by atoms with Gasteiger partial charge in [-0.3, -0.25) is 19.3 Å². The molecule has 1 aliphatic rings. The molecule has 0 unspecified atom stereocenters. The fourth-order valence-electron chi connectivity index (χ4n) is 2.71. The number of hydrogen-bond acceptors (Lipinski definition) is 4. The molecule has 24 heavy (non-hydrogen) atoms. The van der Waals surface area contributed by atoms with Crippen molar-refractivity contribution >= 4 is 17.7 Å². The number of nitrogens with one attached hydrogen (secondary N) is 1. The van der Waals surface area contributed by atoms with Gasteiger partial charge in [-0.25, -0.2) is 0 Å². The summed E-state index contributed by atoms with van der Waals surface area (Å²) in [5.41, 5.74) is 1.90. The lowest BCUT2D eigenvalue weighted by atomic mass is 10.1. The summed E-state index contributed by atoms with van der Waals surface area (Å²) in [5, 5.41) is 2.82. The van der Waals surface area contributed by atoms with E-state index >= 15 is 0 Å². The minimum absolute atomic E-state index is 0.0879. The van der Waals surface area contributed by atoms with E-state index in [4.69, 9.17) is 4.42 Å². The number of carbonyl (C=O) groups is 3. The van der Waals surface area contributed by atoms with E-state index in [2.05, 4.69) is 5.32 Å². The number of carbonyl (C=O) groups excluding carboxylic acids is 3. The average molecular weight is 326 g/mol. The Bertz CT molecular complexity index is 717. The summed E-state index contributed by atoms with van der Waals surface area (Å²) in [6.07, 6.45) is 4.68. The Balaban J connectivity index is 1.41. The van der Waals surface area contributed by atoms with Gasteiger partial charge in [0.2, 0.25) is 5.91 Å². The maximum atomic E-state index is 12.2. The fourth-order valence-corrected chi connectivity index (χ4v) is 2.71. The van der Waals surface area contributed by atoms with Crippen LogP contribution in [0, 0.1) is 0 Å². The van der Waals surface area contributed by atoms with Crippen LogP contribution in [0.1, 0.15) is 39.1 Å². The number of rotatable bonds is 7. The Hall–Kier alpha value is -2.89. The third-order valence-electron chi connectivity index (χ3n) is 3.98. The van der Waals surface area contributed by atoms with Crippen LogP contribution in [0.2, 0.25) is 0 Å². The molecule has 6 heteroatoms. The molecule has 0 spiro atoms. The number of furan rings is 1. The standard InChI is InChI=1S/C18H18N2O4/c21-16(19-9-7-13-8-11-24-12-13)6-3-10-20-17(22)14-4-1-2-5-15(14)18(20)23/h1-2,4-5,8,11-12H,3,6-7,9-10H2,(H,19,21). The minimum Gasteiger partial charge on any atom is -0.472 e. The highest BCUT2D eigenvalue weighted by atomic mass is 16.3. The van der Waals surface area contributed by atoms with Crippen molar-refractivity contribution in [3.05, 3.63) is 59.5 Å². The van der Waals surface area contributed by atoms with Crippen LogP contribution in [0.15, 0.2) is 47.3 Å². The largest absolute Gasteiger partial charge is 0.472 e. The van der Waals surface area contributed by atoms with Crippen LogP contribution < -0.4 is 5.32 Å². The molecule has 1 aliphatic heterocycles. The van der Waals surface area contributed by atoms with Crippen molar-refractivity contribution in [2.24, 2.45) is 0 Å². The molecule has 0 saturated heterocycles. The summed E-state index contributed by atoms with van der Waals surface area (Å²) in [6.45, 7) is 0.785. The highest BCUT2D eigenvalue weighted by Crippen LogP contribution is 2.22. The van der Waals surface area contributed by atoms with Gasteiger partial charge in [0.15, 0.2) is 0 Å². The van der Waals surface area contributed by atoms with Crippen molar-refractivity contribution in [1.82, 2.24) is 10.2 Å². The number of imide groups is 1. The summed E-state index contributed by atoms with van der Waals surface area (Å²) in [4.78, 5) is 37.4. The Labute approximate surface area is 139 Å². The predicted molar refractivity (Wildman–Crippen MR) is 86.5 cm³/mol. The van der Waals surface area contributed by atoms with Gasteiger partial charge in [0.25, 0.3) is 11.8 Å². The van der Waals surface area contributed by atoms with Gasteiger partial charge < -0.3 is 9.73 Å². The van der Waals surface area contributed by atoms with E-state index in [1.54, 1.807) is 36.8 Å². The number of amides is 3. The monoisotopic (exact) mass is 326 g/mol. The lowest BCUT2D eigenvalue weighted by molar-refractivity contribution is -0.121. The number of fused-ring (bicyclic) bond motifs is 1. The van der Waals surface area contributed by atoms with Gasteiger partial charge in [0.1, 0.15) is 0 Å². The van der Waals surface area contributed by atoms with Crippen LogP contribution in [0.3, 0.4) is 0 Å². The zero-order valence-corrected chi connectivity index (χ0v) is 13.2. The molecular formula is C18H18N2O4. The maximum absolute atomic E-state index is 12.2. The first-order chi connectivity index (χ1) is 11.7. The quantitative estimate of drug-likeness (QED) is 0.789. The molecule has 0 saturated carbocycles. The topological polar surface area (TPSA) is 79.6 Å². The van der Waals surface area contributed by atoms with E-state index in [1.165, 1.54) is 4.90 Å². The Kier molecular flexibility index (Phi) is 4.74. The lowest BCUT2D eigenvalue weighted by Gasteiger charge is -2.13. The normalized spacial score (nSPS) is 13.2. The van der Waals surface area contributed by atoms with Crippen molar-refractivity contribution in [3.63, 3.8) is 0 Å². The van der Waals surface area contributed by atoms with Crippen molar-refractivity contribution in [2.75, 3.05) is 13.1 Å². The number of nitrogens with zero attached hydrogens (tertiary/aromatic N) is 1. The zero-order chi connectivity index (χ0) is 16.9. The van der Waals surface area contributed by atoms with Crippen LogP contribution >= 0.6 is 0 Å². The van der Waals surface area contributed by atoms with Crippen molar-refractivity contribution in [3.8, 4) is 0 Å². The van der Waals surface area contributed by atoms with Gasteiger partial charge in [-0.1, -0.05) is 12.1 Å². The molecule has 6 nitrogen and oxygen atoms in total. The van der Waals surface area contributed by atoms with E-state index < -0.39 is 0 Å². The van der Waals surface area contributed by atoms with Gasteiger partial charge in [-0.05, 0) is 36.6 Å². The molecule has 3 amide bonds. The number of hydrogen-bond donors (Lipinski definition) is 1. The van der Waals surface area contributed by atoms with Crippen LogP contribution in [0.4, 0.5) is 0 Å². The van der Waals surface area contributed by atoms with Gasteiger partial charge in [-0.2, -0.15) is 0 Å². The summed E-state index contributed by atoms with van der Waals surface area (Å²) in [6, 6.07) is 8.63. The Morgan fingerprint density at radius 3 is 2.42 bits per heavy atom. The molecule has 2 heterocycles. The second kappa shape index (κ2) is 7.12. The van der Waals surface area contributed by atoms with Gasteiger partial charge in [0.05, 0.1) is 23.7 Å². The first kappa shape index (κ1) is 16.0. The van der Waals surface area contributed by atoms with Crippen LogP contribution in [-0.4, -0.2) is 35.7 Å². The lowest BCUT2D eigenvalue weighted by Crippen LogP contribution is -2.32. The minimum atomic E-state index is -0.282. The summed E-state index contributed by atoms with van der Waals surface area (Å²) < 4.78 is 4.96. The summed E-state index contributed by atoms with van der Waals surface area (Å²) in [7, 11) is 0. The van der Waals surface area contributed by atoms with E-state index in [-0.39, 0.29) is 30.7 Å². The first-order valence-corrected chi connectivity index (χ1v) is 7.90. The molecule has 0 fully saturated rings. The third kappa shape index (κ3) is 3.37. The van der Waals surface area contributed by atoms with Crippen LogP contribution in [-0.2, 0) is 11.2 Å². The van der Waals surface area contributed by atoms with Gasteiger partial charge >= 0.3 is 0 Å². The highest BCUT2D eigenvalue weighted by molar-refractivity contribution is 6.21. The second-order valence-electron chi connectivity index (χ2n) is 5.64. The Morgan fingerprint density at radius 1 is 1.08 bits per heavy atom. The summed E-state index contributed by atoms with van der Waals surface area (Å²) >= 11 is 0. The van der Waals surface area contributed by atoms with Gasteiger partial charge in [0, 0.05) is 19.5 Å². The van der Waals surface area contributed by atoms with E-state index in [1.807, 2.05) is 6.07 Å². The molecule has 2 aromatic rings. The van der Waals surface area contributed by atoms with Crippen molar-refractivity contribution in [2.45, 2.75) is 19.3 Å². The van der Waals surface area contributed by atoms with Crippen molar-refractivity contribution < 1.29 is 18.8 Å².